The Morgan fingerprint density at radius 2 is 1.79 bits per heavy atom. The predicted molar refractivity (Wildman–Crippen MR) is 68.2 cm³/mol. The van der Waals surface area contributed by atoms with Gasteiger partial charge < -0.3 is 9.47 Å². The summed E-state index contributed by atoms with van der Waals surface area (Å²) in [4.78, 5) is 11.0. The summed E-state index contributed by atoms with van der Waals surface area (Å²) >= 11 is 0. The second-order valence-corrected chi connectivity index (χ2v) is 4.21. The molecule has 1 heterocycles. The highest BCUT2D eigenvalue weighted by molar-refractivity contribution is 5.88. The van der Waals surface area contributed by atoms with E-state index in [4.69, 9.17) is 9.47 Å². The lowest BCUT2D eigenvalue weighted by atomic mass is 10.00. The Labute approximate surface area is 109 Å². The second kappa shape index (κ2) is 4.72. The number of halogens is 1. The van der Waals surface area contributed by atoms with Crippen LogP contribution >= 0.6 is 0 Å². The lowest BCUT2D eigenvalue weighted by Crippen LogP contribution is -2.15. The Morgan fingerprint density at radius 3 is 2.58 bits per heavy atom. The first-order valence-electron chi connectivity index (χ1n) is 5.93. The van der Waals surface area contributed by atoms with Crippen LogP contribution in [0.4, 0.5) is 4.39 Å². The summed E-state index contributed by atoms with van der Waals surface area (Å²) in [6.45, 7) is 1.03. The second-order valence-electron chi connectivity index (χ2n) is 4.21. The molecule has 0 atom stereocenters. The first-order valence-corrected chi connectivity index (χ1v) is 5.93. The Morgan fingerprint density at radius 1 is 1.00 bits per heavy atom. The standard InChI is InChI=1S/C15H11FO3/c16-12-2-3-13(11(7-12)9-17)10-1-4-14-15(8-10)19-6-5-18-14/h1-4,7-9H,5-6H2. The summed E-state index contributed by atoms with van der Waals surface area (Å²) in [7, 11) is 0. The van der Waals surface area contributed by atoms with Gasteiger partial charge in [-0.25, -0.2) is 4.39 Å². The van der Waals surface area contributed by atoms with E-state index in [1.54, 1.807) is 18.2 Å². The lowest BCUT2D eigenvalue weighted by Gasteiger charge is -2.19. The summed E-state index contributed by atoms with van der Waals surface area (Å²) in [6, 6.07) is 9.56. The third kappa shape index (κ3) is 2.17. The number of hydrogen-bond donors (Lipinski definition) is 0. The molecule has 2 aromatic rings. The molecule has 1 aliphatic heterocycles. The molecule has 0 radical (unpaired) electrons. The maximum atomic E-state index is 13.1. The summed E-state index contributed by atoms with van der Waals surface area (Å²) in [5, 5.41) is 0. The van der Waals surface area contributed by atoms with E-state index in [1.165, 1.54) is 12.1 Å². The van der Waals surface area contributed by atoms with E-state index in [0.717, 1.165) is 5.56 Å². The summed E-state index contributed by atoms with van der Waals surface area (Å²) in [6.07, 6.45) is 0.648. The van der Waals surface area contributed by atoms with Crippen LogP contribution in [0.5, 0.6) is 11.5 Å². The fraction of sp³-hybridized carbons (Fsp3) is 0.133. The first-order chi connectivity index (χ1) is 9.28. The van der Waals surface area contributed by atoms with E-state index >= 15 is 0 Å². The molecule has 0 saturated carbocycles. The number of rotatable bonds is 2. The van der Waals surface area contributed by atoms with Crippen LogP contribution in [0, 0.1) is 5.82 Å². The van der Waals surface area contributed by atoms with Gasteiger partial charge in [-0.15, -0.1) is 0 Å². The minimum atomic E-state index is -0.427. The summed E-state index contributed by atoms with van der Waals surface area (Å²) in [5.41, 5.74) is 1.79. The molecular formula is C15H11FO3. The monoisotopic (exact) mass is 258 g/mol. The van der Waals surface area contributed by atoms with E-state index in [1.807, 2.05) is 6.07 Å². The molecule has 1 aliphatic rings. The van der Waals surface area contributed by atoms with Crippen molar-refractivity contribution >= 4 is 6.29 Å². The minimum Gasteiger partial charge on any atom is -0.486 e. The van der Waals surface area contributed by atoms with Crippen LogP contribution in [0.3, 0.4) is 0 Å². The highest BCUT2D eigenvalue weighted by atomic mass is 19.1. The molecule has 2 aromatic carbocycles. The van der Waals surface area contributed by atoms with Crippen LogP contribution in [0.25, 0.3) is 11.1 Å². The largest absolute Gasteiger partial charge is 0.486 e. The van der Waals surface area contributed by atoms with Gasteiger partial charge in [0.1, 0.15) is 19.0 Å². The molecule has 0 bridgehead atoms. The topological polar surface area (TPSA) is 35.5 Å². The van der Waals surface area contributed by atoms with E-state index in [-0.39, 0.29) is 0 Å². The van der Waals surface area contributed by atoms with Gasteiger partial charge in [0.05, 0.1) is 0 Å². The van der Waals surface area contributed by atoms with Crippen LogP contribution in [-0.2, 0) is 0 Å². The van der Waals surface area contributed by atoms with Gasteiger partial charge in [0.2, 0.25) is 0 Å². The summed E-state index contributed by atoms with van der Waals surface area (Å²) in [5.74, 6) is 0.901. The average Bonchev–Trinajstić information content (AvgIpc) is 2.46. The molecule has 3 rings (SSSR count). The third-order valence-corrected chi connectivity index (χ3v) is 2.99. The van der Waals surface area contributed by atoms with Gasteiger partial charge in [0.25, 0.3) is 0 Å². The number of fused-ring (bicyclic) bond motifs is 1. The Kier molecular flexibility index (Phi) is 2.91. The fourth-order valence-electron chi connectivity index (χ4n) is 2.10. The molecule has 3 nitrogen and oxygen atoms in total. The molecule has 4 heteroatoms. The lowest BCUT2D eigenvalue weighted by molar-refractivity contribution is 0.112. The maximum absolute atomic E-state index is 13.1. The van der Waals surface area contributed by atoms with Gasteiger partial charge in [-0.2, -0.15) is 0 Å². The van der Waals surface area contributed by atoms with Gasteiger partial charge in [-0.3, -0.25) is 4.79 Å². The Bertz CT molecular complexity index is 637. The smallest absolute Gasteiger partial charge is 0.161 e. The SMILES string of the molecule is O=Cc1cc(F)ccc1-c1ccc2c(c1)OCCO2. The van der Waals surface area contributed by atoms with E-state index in [0.29, 0.717) is 42.1 Å². The van der Waals surface area contributed by atoms with Crippen molar-refractivity contribution in [2.24, 2.45) is 0 Å². The highest BCUT2D eigenvalue weighted by Gasteiger charge is 2.14. The number of hydrogen-bond acceptors (Lipinski definition) is 3. The molecule has 0 fully saturated rings. The molecule has 96 valence electrons. The zero-order valence-corrected chi connectivity index (χ0v) is 10.1. The van der Waals surface area contributed by atoms with Crippen LogP contribution < -0.4 is 9.47 Å². The Hall–Kier alpha value is -2.36. The first kappa shape index (κ1) is 11.7. The van der Waals surface area contributed by atoms with Crippen LogP contribution in [0.1, 0.15) is 10.4 Å². The molecule has 0 spiro atoms. The van der Waals surface area contributed by atoms with Crippen LogP contribution in [0.2, 0.25) is 0 Å². The molecule has 0 amide bonds. The molecule has 0 aliphatic carbocycles. The van der Waals surface area contributed by atoms with E-state index in [9.17, 15) is 9.18 Å². The van der Waals surface area contributed by atoms with Gasteiger partial charge in [-0.05, 0) is 35.4 Å². The quantitative estimate of drug-likeness (QED) is 0.776. The van der Waals surface area contributed by atoms with E-state index in [2.05, 4.69) is 0 Å². The number of carbonyl (C=O) groups is 1. The molecule has 19 heavy (non-hydrogen) atoms. The van der Waals surface area contributed by atoms with Crippen molar-refractivity contribution in [2.75, 3.05) is 13.2 Å². The number of carbonyl (C=O) groups excluding carboxylic acids is 1. The zero-order chi connectivity index (χ0) is 13.2. The van der Waals surface area contributed by atoms with Crippen molar-refractivity contribution in [3.63, 3.8) is 0 Å². The van der Waals surface area contributed by atoms with Crippen molar-refractivity contribution in [2.45, 2.75) is 0 Å². The van der Waals surface area contributed by atoms with Crippen molar-refractivity contribution in [1.82, 2.24) is 0 Å². The number of benzene rings is 2. The van der Waals surface area contributed by atoms with Crippen molar-refractivity contribution in [3.8, 4) is 22.6 Å². The van der Waals surface area contributed by atoms with E-state index < -0.39 is 5.82 Å². The summed E-state index contributed by atoms with van der Waals surface area (Å²) < 4.78 is 24.1. The highest BCUT2D eigenvalue weighted by Crippen LogP contribution is 2.35. The van der Waals surface area contributed by atoms with Crippen molar-refractivity contribution in [3.05, 3.63) is 47.8 Å². The minimum absolute atomic E-state index is 0.316. The zero-order valence-electron chi connectivity index (χ0n) is 10.1. The van der Waals surface area contributed by atoms with Gasteiger partial charge in [-0.1, -0.05) is 12.1 Å². The molecule has 0 aromatic heterocycles. The normalized spacial score (nSPS) is 13.1. The van der Waals surface area contributed by atoms with Gasteiger partial charge >= 0.3 is 0 Å². The molecule has 0 N–H and O–H groups in total. The number of aldehydes is 1. The van der Waals surface area contributed by atoms with Gasteiger partial charge in [0, 0.05) is 5.56 Å². The third-order valence-electron chi connectivity index (χ3n) is 2.99. The van der Waals surface area contributed by atoms with Crippen molar-refractivity contribution in [1.29, 1.82) is 0 Å². The van der Waals surface area contributed by atoms with Crippen molar-refractivity contribution < 1.29 is 18.7 Å². The molecule has 0 saturated heterocycles. The van der Waals surface area contributed by atoms with Crippen LogP contribution in [0.15, 0.2) is 36.4 Å². The average molecular weight is 258 g/mol. The predicted octanol–water partition coefficient (Wildman–Crippen LogP) is 3.08. The van der Waals surface area contributed by atoms with Gasteiger partial charge in [0.15, 0.2) is 17.8 Å². The fourth-order valence-corrected chi connectivity index (χ4v) is 2.10. The maximum Gasteiger partial charge on any atom is 0.161 e. The number of ether oxygens (including phenoxy) is 2. The van der Waals surface area contributed by atoms with Crippen LogP contribution in [-0.4, -0.2) is 19.5 Å². The molecular weight excluding hydrogens is 247 g/mol. The molecule has 0 unspecified atom stereocenters. The Balaban J connectivity index is 2.09.